The summed E-state index contributed by atoms with van der Waals surface area (Å²) in [7, 11) is 0. The number of anilines is 1. The Morgan fingerprint density at radius 1 is 1.29 bits per heavy atom. The van der Waals surface area contributed by atoms with Crippen LogP contribution in [0.4, 0.5) is 11.4 Å². The van der Waals surface area contributed by atoms with E-state index in [0.29, 0.717) is 24.7 Å². The minimum atomic E-state index is -0.448. The zero-order valence-electron chi connectivity index (χ0n) is 16.7. The molecule has 1 atom stereocenters. The van der Waals surface area contributed by atoms with E-state index in [9.17, 15) is 14.9 Å². The third kappa shape index (κ3) is 5.20. The SMILES string of the molecule is CC1CCN(c2ccc([N+](=O)[O-])cc2C(=O)NC(C)CN2CCOCC2)CC1. The average molecular weight is 390 g/mol. The fraction of sp³-hybridized carbons (Fsp3) is 0.650. The van der Waals surface area contributed by atoms with Crippen LogP contribution in [0.2, 0.25) is 0 Å². The monoisotopic (exact) mass is 390 g/mol. The molecule has 154 valence electrons. The van der Waals surface area contributed by atoms with Gasteiger partial charge in [-0.2, -0.15) is 0 Å². The van der Waals surface area contributed by atoms with Crippen molar-refractivity contribution in [3.05, 3.63) is 33.9 Å². The van der Waals surface area contributed by atoms with Crippen molar-refractivity contribution in [3.63, 3.8) is 0 Å². The van der Waals surface area contributed by atoms with Crippen LogP contribution in [0.25, 0.3) is 0 Å². The van der Waals surface area contributed by atoms with Gasteiger partial charge in [-0.05, 0) is 31.7 Å². The van der Waals surface area contributed by atoms with Gasteiger partial charge in [-0.15, -0.1) is 0 Å². The maximum Gasteiger partial charge on any atom is 0.270 e. The molecule has 0 radical (unpaired) electrons. The Bertz CT molecular complexity index is 697. The lowest BCUT2D eigenvalue weighted by atomic mass is 9.97. The minimum absolute atomic E-state index is 0.0555. The Labute approximate surface area is 166 Å². The van der Waals surface area contributed by atoms with Crippen LogP contribution in [0.15, 0.2) is 18.2 Å². The van der Waals surface area contributed by atoms with Crippen LogP contribution in [-0.2, 0) is 4.74 Å². The van der Waals surface area contributed by atoms with E-state index in [4.69, 9.17) is 4.74 Å². The number of hydrogen-bond donors (Lipinski definition) is 1. The Morgan fingerprint density at radius 2 is 1.96 bits per heavy atom. The van der Waals surface area contributed by atoms with Crippen molar-refractivity contribution < 1.29 is 14.5 Å². The first-order valence-corrected chi connectivity index (χ1v) is 10.1. The van der Waals surface area contributed by atoms with Crippen LogP contribution >= 0.6 is 0 Å². The van der Waals surface area contributed by atoms with E-state index in [1.54, 1.807) is 6.07 Å². The molecule has 1 N–H and O–H groups in total. The van der Waals surface area contributed by atoms with E-state index in [-0.39, 0.29) is 17.6 Å². The van der Waals surface area contributed by atoms with Crippen LogP contribution in [0.3, 0.4) is 0 Å². The van der Waals surface area contributed by atoms with E-state index in [1.807, 2.05) is 6.92 Å². The number of piperidine rings is 1. The number of rotatable bonds is 6. The summed E-state index contributed by atoms with van der Waals surface area (Å²) >= 11 is 0. The third-order valence-corrected chi connectivity index (χ3v) is 5.57. The molecule has 1 unspecified atom stereocenters. The zero-order valence-corrected chi connectivity index (χ0v) is 16.7. The maximum atomic E-state index is 13.0. The summed E-state index contributed by atoms with van der Waals surface area (Å²) in [6.45, 7) is 9.79. The summed E-state index contributed by atoms with van der Waals surface area (Å²) in [5, 5.41) is 14.3. The topological polar surface area (TPSA) is 87.9 Å². The van der Waals surface area contributed by atoms with Crippen molar-refractivity contribution in [2.45, 2.75) is 32.7 Å². The zero-order chi connectivity index (χ0) is 20.1. The molecule has 8 heteroatoms. The van der Waals surface area contributed by atoms with Gasteiger partial charge in [-0.3, -0.25) is 19.8 Å². The second kappa shape index (κ2) is 9.34. The number of amides is 1. The molecule has 2 heterocycles. The largest absolute Gasteiger partial charge is 0.379 e. The highest BCUT2D eigenvalue weighted by atomic mass is 16.6. The molecule has 0 bridgehead atoms. The van der Waals surface area contributed by atoms with E-state index in [1.165, 1.54) is 12.1 Å². The minimum Gasteiger partial charge on any atom is -0.379 e. The predicted molar refractivity (Wildman–Crippen MR) is 108 cm³/mol. The van der Waals surface area contributed by atoms with Gasteiger partial charge in [0.1, 0.15) is 0 Å². The number of benzene rings is 1. The number of nitro benzene ring substituents is 1. The number of hydrogen-bond acceptors (Lipinski definition) is 6. The molecule has 2 aliphatic rings. The van der Waals surface area contributed by atoms with E-state index in [0.717, 1.165) is 51.3 Å². The number of carbonyl (C=O) groups excluding carboxylic acids is 1. The summed E-state index contributed by atoms with van der Waals surface area (Å²) in [4.78, 5) is 28.2. The van der Waals surface area contributed by atoms with E-state index < -0.39 is 4.92 Å². The smallest absolute Gasteiger partial charge is 0.270 e. The van der Waals surface area contributed by atoms with Gasteiger partial charge in [0.2, 0.25) is 0 Å². The molecule has 3 rings (SSSR count). The molecule has 0 aliphatic carbocycles. The van der Waals surface area contributed by atoms with Crippen LogP contribution in [-0.4, -0.2) is 67.7 Å². The lowest BCUT2D eigenvalue weighted by Gasteiger charge is -2.33. The highest BCUT2D eigenvalue weighted by Gasteiger charge is 2.24. The van der Waals surface area contributed by atoms with Crippen molar-refractivity contribution in [1.82, 2.24) is 10.2 Å². The van der Waals surface area contributed by atoms with Gasteiger partial charge >= 0.3 is 0 Å². The average Bonchev–Trinajstić information content (AvgIpc) is 2.68. The number of nitrogens with zero attached hydrogens (tertiary/aromatic N) is 3. The summed E-state index contributed by atoms with van der Waals surface area (Å²) in [5.41, 5.74) is 1.12. The van der Waals surface area contributed by atoms with Crippen LogP contribution in [0.1, 0.15) is 37.0 Å². The Hall–Kier alpha value is -2.19. The maximum absolute atomic E-state index is 13.0. The molecule has 2 fully saturated rings. The van der Waals surface area contributed by atoms with Crippen molar-refractivity contribution in [2.24, 2.45) is 5.92 Å². The number of morpholine rings is 1. The number of carbonyl (C=O) groups is 1. The molecule has 2 aliphatic heterocycles. The van der Waals surface area contributed by atoms with Gasteiger partial charge in [0.05, 0.1) is 29.4 Å². The normalized spacial score (nSPS) is 20.0. The summed E-state index contributed by atoms with van der Waals surface area (Å²) in [6, 6.07) is 4.56. The Morgan fingerprint density at radius 3 is 2.61 bits per heavy atom. The lowest BCUT2D eigenvalue weighted by Crippen LogP contribution is -2.46. The molecule has 1 amide bonds. The number of ether oxygens (including phenoxy) is 1. The van der Waals surface area contributed by atoms with E-state index in [2.05, 4.69) is 22.0 Å². The number of nitro groups is 1. The fourth-order valence-electron chi connectivity index (χ4n) is 3.86. The van der Waals surface area contributed by atoms with Gasteiger partial charge in [0.15, 0.2) is 0 Å². The second-order valence-corrected chi connectivity index (χ2v) is 7.92. The summed E-state index contributed by atoms with van der Waals surface area (Å²) in [6.07, 6.45) is 2.12. The van der Waals surface area contributed by atoms with Gasteiger partial charge in [-0.1, -0.05) is 6.92 Å². The van der Waals surface area contributed by atoms with E-state index >= 15 is 0 Å². The van der Waals surface area contributed by atoms with Crippen molar-refractivity contribution >= 4 is 17.3 Å². The third-order valence-electron chi connectivity index (χ3n) is 5.57. The number of nitrogens with one attached hydrogen (secondary N) is 1. The highest BCUT2D eigenvalue weighted by Crippen LogP contribution is 2.29. The Balaban J connectivity index is 1.74. The molecule has 1 aromatic carbocycles. The van der Waals surface area contributed by atoms with Crippen LogP contribution in [0.5, 0.6) is 0 Å². The standard InChI is InChI=1S/C20H30N4O4/c1-15-5-7-23(8-6-15)19-4-3-17(24(26)27)13-18(19)20(25)21-16(2)14-22-9-11-28-12-10-22/h3-4,13,15-16H,5-12,14H2,1-2H3,(H,21,25). The molecular formula is C20H30N4O4. The molecule has 8 nitrogen and oxygen atoms in total. The molecule has 0 aromatic heterocycles. The van der Waals surface area contributed by atoms with Crippen LogP contribution < -0.4 is 10.2 Å². The molecular weight excluding hydrogens is 360 g/mol. The predicted octanol–water partition coefficient (Wildman–Crippen LogP) is 2.28. The van der Waals surface area contributed by atoms with Gasteiger partial charge in [0, 0.05) is 50.9 Å². The van der Waals surface area contributed by atoms with Gasteiger partial charge in [0.25, 0.3) is 11.6 Å². The first kappa shape index (κ1) is 20.5. The first-order valence-electron chi connectivity index (χ1n) is 10.1. The molecule has 0 saturated carbocycles. The van der Waals surface area contributed by atoms with Crippen LogP contribution in [0, 0.1) is 16.0 Å². The van der Waals surface area contributed by atoms with Gasteiger partial charge in [-0.25, -0.2) is 0 Å². The fourth-order valence-corrected chi connectivity index (χ4v) is 3.86. The Kier molecular flexibility index (Phi) is 6.85. The molecule has 1 aromatic rings. The van der Waals surface area contributed by atoms with Crippen molar-refractivity contribution in [3.8, 4) is 0 Å². The van der Waals surface area contributed by atoms with Crippen molar-refractivity contribution in [1.29, 1.82) is 0 Å². The molecule has 0 spiro atoms. The highest BCUT2D eigenvalue weighted by molar-refractivity contribution is 6.00. The molecule has 2 saturated heterocycles. The van der Waals surface area contributed by atoms with Crippen molar-refractivity contribution in [2.75, 3.05) is 50.8 Å². The summed E-state index contributed by atoms with van der Waals surface area (Å²) < 4.78 is 5.36. The first-order chi connectivity index (χ1) is 13.4. The molecule has 28 heavy (non-hydrogen) atoms. The van der Waals surface area contributed by atoms with Gasteiger partial charge < -0.3 is 15.0 Å². The summed E-state index contributed by atoms with van der Waals surface area (Å²) in [5.74, 6) is 0.415. The lowest BCUT2D eigenvalue weighted by molar-refractivity contribution is -0.384. The second-order valence-electron chi connectivity index (χ2n) is 7.92. The number of non-ortho nitro benzene ring substituents is 1. The quantitative estimate of drug-likeness (QED) is 0.592.